The predicted octanol–water partition coefficient (Wildman–Crippen LogP) is 2.85. The summed E-state index contributed by atoms with van der Waals surface area (Å²) in [6, 6.07) is 5.83. The fourth-order valence-corrected chi connectivity index (χ4v) is 2.82. The number of nitrogens with one attached hydrogen (secondary N) is 2. The van der Waals surface area contributed by atoms with E-state index >= 15 is 0 Å². The first kappa shape index (κ1) is 14.9. The molecule has 0 aromatic heterocycles. The number of benzene rings is 1. The van der Waals surface area contributed by atoms with Crippen molar-refractivity contribution in [3.8, 4) is 0 Å². The van der Waals surface area contributed by atoms with Gasteiger partial charge in [0.15, 0.2) is 0 Å². The summed E-state index contributed by atoms with van der Waals surface area (Å²) in [5, 5.41) is 15.1. The van der Waals surface area contributed by atoms with E-state index in [1.54, 1.807) is 0 Å². The average Bonchev–Trinajstić information content (AvgIpc) is 2.86. The predicted molar refractivity (Wildman–Crippen MR) is 81.0 cm³/mol. The molecule has 2 rings (SSSR count). The van der Waals surface area contributed by atoms with Crippen LogP contribution in [0.3, 0.4) is 0 Å². The quantitative estimate of drug-likeness (QED) is 0.774. The minimum Gasteiger partial charge on any atom is -0.394 e. The zero-order valence-corrected chi connectivity index (χ0v) is 12.3. The van der Waals surface area contributed by atoms with Gasteiger partial charge in [0.25, 0.3) is 0 Å². The highest BCUT2D eigenvalue weighted by Crippen LogP contribution is 2.25. The van der Waals surface area contributed by atoms with E-state index in [-0.39, 0.29) is 12.6 Å². The summed E-state index contributed by atoms with van der Waals surface area (Å²) in [5.74, 6) is 0. The van der Waals surface area contributed by atoms with Crippen LogP contribution in [0.4, 0.5) is 10.5 Å². The van der Waals surface area contributed by atoms with Crippen LogP contribution in [0.1, 0.15) is 44.2 Å². The molecule has 110 valence electrons. The molecule has 1 aromatic carbocycles. The molecule has 0 fully saturated rings. The Morgan fingerprint density at radius 2 is 2.10 bits per heavy atom. The standard InChI is InChI=1S/C16H24N2O2/c1-3-9-16(2,11-19)18-15(20)17-14-8-7-12-5-4-6-13(12)10-14/h7-8,10,19H,3-6,9,11H2,1-2H3,(H2,17,18,20). The molecule has 0 radical (unpaired) electrons. The van der Waals surface area contributed by atoms with E-state index in [0.29, 0.717) is 0 Å². The molecule has 0 saturated heterocycles. The number of aryl methyl sites for hydroxylation is 2. The molecule has 4 nitrogen and oxygen atoms in total. The van der Waals surface area contributed by atoms with Gasteiger partial charge in [0.1, 0.15) is 0 Å². The van der Waals surface area contributed by atoms with E-state index in [2.05, 4.69) is 22.8 Å². The number of hydrogen-bond donors (Lipinski definition) is 3. The second-order valence-electron chi connectivity index (χ2n) is 5.88. The fraction of sp³-hybridized carbons (Fsp3) is 0.562. The van der Waals surface area contributed by atoms with Crippen molar-refractivity contribution in [2.75, 3.05) is 11.9 Å². The smallest absolute Gasteiger partial charge is 0.319 e. The first-order chi connectivity index (χ1) is 9.56. The molecule has 0 bridgehead atoms. The molecule has 20 heavy (non-hydrogen) atoms. The van der Waals surface area contributed by atoms with Crippen LogP contribution in [0.15, 0.2) is 18.2 Å². The van der Waals surface area contributed by atoms with E-state index < -0.39 is 5.54 Å². The second kappa shape index (κ2) is 6.27. The Morgan fingerprint density at radius 3 is 2.80 bits per heavy atom. The van der Waals surface area contributed by atoms with Gasteiger partial charge in [-0.25, -0.2) is 4.79 Å². The number of fused-ring (bicyclic) bond motifs is 1. The topological polar surface area (TPSA) is 61.4 Å². The van der Waals surface area contributed by atoms with Gasteiger partial charge < -0.3 is 15.7 Å². The molecule has 0 aliphatic heterocycles. The van der Waals surface area contributed by atoms with Gasteiger partial charge in [-0.3, -0.25) is 0 Å². The number of aliphatic hydroxyl groups excluding tert-OH is 1. The monoisotopic (exact) mass is 276 g/mol. The molecule has 4 heteroatoms. The summed E-state index contributed by atoms with van der Waals surface area (Å²) in [6.45, 7) is 3.84. The lowest BCUT2D eigenvalue weighted by Crippen LogP contribution is -2.50. The third-order valence-corrected chi connectivity index (χ3v) is 3.92. The van der Waals surface area contributed by atoms with Gasteiger partial charge >= 0.3 is 6.03 Å². The molecule has 0 spiro atoms. The maximum Gasteiger partial charge on any atom is 0.319 e. The molecule has 1 aromatic rings. The molecule has 1 atom stereocenters. The van der Waals surface area contributed by atoms with E-state index in [1.165, 1.54) is 17.5 Å². The summed E-state index contributed by atoms with van der Waals surface area (Å²) in [7, 11) is 0. The van der Waals surface area contributed by atoms with E-state index in [1.807, 2.05) is 19.9 Å². The summed E-state index contributed by atoms with van der Waals surface area (Å²) in [5.41, 5.74) is 2.98. The molecule has 1 aliphatic rings. The average molecular weight is 276 g/mol. The van der Waals surface area contributed by atoms with Crippen molar-refractivity contribution in [3.05, 3.63) is 29.3 Å². The molecule has 0 saturated carbocycles. The molecule has 2 amide bonds. The van der Waals surface area contributed by atoms with Crippen LogP contribution in [0.25, 0.3) is 0 Å². The van der Waals surface area contributed by atoms with E-state index in [0.717, 1.165) is 31.4 Å². The number of aliphatic hydroxyl groups is 1. The summed E-state index contributed by atoms with van der Waals surface area (Å²) in [6.07, 6.45) is 5.10. The van der Waals surface area contributed by atoms with Gasteiger partial charge in [-0.2, -0.15) is 0 Å². The highest BCUT2D eigenvalue weighted by atomic mass is 16.3. The summed E-state index contributed by atoms with van der Waals surface area (Å²) in [4.78, 5) is 12.0. The zero-order chi connectivity index (χ0) is 14.6. The Kier molecular flexibility index (Phi) is 4.65. The van der Waals surface area contributed by atoms with Gasteiger partial charge in [-0.05, 0) is 55.9 Å². The number of hydrogen-bond acceptors (Lipinski definition) is 2. The van der Waals surface area contributed by atoms with Crippen molar-refractivity contribution in [3.63, 3.8) is 0 Å². The van der Waals surface area contributed by atoms with Crippen LogP contribution in [0.2, 0.25) is 0 Å². The third-order valence-electron chi connectivity index (χ3n) is 3.92. The van der Waals surface area contributed by atoms with Crippen molar-refractivity contribution in [2.45, 2.75) is 51.5 Å². The molecule has 3 N–H and O–H groups in total. The Bertz CT molecular complexity index is 487. The highest BCUT2D eigenvalue weighted by Gasteiger charge is 2.24. The van der Waals surface area contributed by atoms with Crippen molar-refractivity contribution >= 4 is 11.7 Å². The number of carbonyl (C=O) groups excluding carboxylic acids is 1. The lowest BCUT2D eigenvalue weighted by atomic mass is 9.98. The Morgan fingerprint density at radius 1 is 1.35 bits per heavy atom. The van der Waals surface area contributed by atoms with Crippen molar-refractivity contribution in [2.24, 2.45) is 0 Å². The summed E-state index contributed by atoms with van der Waals surface area (Å²) < 4.78 is 0. The van der Waals surface area contributed by atoms with Gasteiger partial charge in [-0.1, -0.05) is 19.4 Å². The zero-order valence-electron chi connectivity index (χ0n) is 12.3. The number of amides is 2. The van der Waals surface area contributed by atoms with E-state index in [4.69, 9.17) is 0 Å². The first-order valence-corrected chi connectivity index (χ1v) is 7.38. The lowest BCUT2D eigenvalue weighted by Gasteiger charge is -2.28. The SMILES string of the molecule is CCCC(C)(CO)NC(=O)Nc1ccc2c(c1)CCC2. The number of urea groups is 1. The maximum absolute atomic E-state index is 12.0. The minimum atomic E-state index is -0.560. The molecule has 0 heterocycles. The molecule has 1 unspecified atom stereocenters. The molecule has 1 aliphatic carbocycles. The molecular weight excluding hydrogens is 252 g/mol. The van der Waals surface area contributed by atoms with Crippen LogP contribution in [0, 0.1) is 0 Å². The largest absolute Gasteiger partial charge is 0.394 e. The van der Waals surface area contributed by atoms with Gasteiger partial charge in [-0.15, -0.1) is 0 Å². The lowest BCUT2D eigenvalue weighted by molar-refractivity contribution is 0.167. The van der Waals surface area contributed by atoms with Crippen LogP contribution in [0.5, 0.6) is 0 Å². The van der Waals surface area contributed by atoms with Crippen molar-refractivity contribution in [1.29, 1.82) is 0 Å². The fourth-order valence-electron chi connectivity index (χ4n) is 2.82. The second-order valence-corrected chi connectivity index (χ2v) is 5.88. The van der Waals surface area contributed by atoms with Crippen LogP contribution in [-0.2, 0) is 12.8 Å². The highest BCUT2D eigenvalue weighted by molar-refractivity contribution is 5.89. The van der Waals surface area contributed by atoms with E-state index in [9.17, 15) is 9.90 Å². The maximum atomic E-state index is 12.0. The number of anilines is 1. The van der Waals surface area contributed by atoms with Gasteiger partial charge in [0.2, 0.25) is 0 Å². The van der Waals surface area contributed by atoms with Crippen molar-refractivity contribution < 1.29 is 9.90 Å². The van der Waals surface area contributed by atoms with Gasteiger partial charge in [0.05, 0.1) is 12.1 Å². The number of carbonyl (C=O) groups is 1. The number of rotatable bonds is 5. The van der Waals surface area contributed by atoms with Crippen LogP contribution >= 0.6 is 0 Å². The summed E-state index contributed by atoms with van der Waals surface area (Å²) >= 11 is 0. The Balaban J connectivity index is 1.97. The first-order valence-electron chi connectivity index (χ1n) is 7.38. The van der Waals surface area contributed by atoms with Crippen molar-refractivity contribution in [1.82, 2.24) is 5.32 Å². The van der Waals surface area contributed by atoms with Crippen LogP contribution in [-0.4, -0.2) is 23.3 Å². The Hall–Kier alpha value is -1.55. The third kappa shape index (κ3) is 3.51. The van der Waals surface area contributed by atoms with Crippen LogP contribution < -0.4 is 10.6 Å². The normalized spacial score (nSPS) is 16.4. The minimum absolute atomic E-state index is 0.0571. The van der Waals surface area contributed by atoms with Gasteiger partial charge in [0, 0.05) is 5.69 Å². The Labute approximate surface area is 120 Å². The molecular formula is C16H24N2O2.